The van der Waals surface area contributed by atoms with Gasteiger partial charge in [-0.05, 0) is 30.7 Å². The molecule has 2 aliphatic carbocycles. The van der Waals surface area contributed by atoms with E-state index in [0.717, 1.165) is 25.0 Å². The smallest absolute Gasteiger partial charge is 0.274 e. The molecule has 1 aliphatic heterocycles. The minimum atomic E-state index is -1.01. The zero-order valence-corrected chi connectivity index (χ0v) is 17.1. The summed E-state index contributed by atoms with van der Waals surface area (Å²) in [4.78, 5) is 39.7. The Hall–Kier alpha value is -2.94. The average Bonchev–Trinajstić information content (AvgIpc) is 3.41. The van der Waals surface area contributed by atoms with Crippen LogP contribution in [0.25, 0.3) is 0 Å². The molecule has 2 fully saturated rings. The lowest BCUT2D eigenvalue weighted by Gasteiger charge is -2.39. The van der Waals surface area contributed by atoms with Crippen molar-refractivity contribution in [2.45, 2.75) is 31.5 Å². The summed E-state index contributed by atoms with van der Waals surface area (Å²) in [6.45, 7) is -0.343. The van der Waals surface area contributed by atoms with Gasteiger partial charge in [0.2, 0.25) is 5.43 Å². The fraction of sp³-hybridized carbons (Fsp3) is 0.381. The van der Waals surface area contributed by atoms with Crippen LogP contribution >= 0.6 is 11.6 Å². The van der Waals surface area contributed by atoms with Crippen LogP contribution in [0.5, 0.6) is 5.75 Å². The van der Waals surface area contributed by atoms with Crippen LogP contribution in [0.3, 0.4) is 0 Å². The molecule has 2 heterocycles. The molecule has 31 heavy (non-hydrogen) atoms. The second-order valence-electron chi connectivity index (χ2n) is 8.36. The number of hydrogen-bond donors (Lipinski definition) is 2. The number of halogens is 3. The number of nitrogens with zero attached hydrogens (tertiary/aromatic N) is 2. The average molecular weight is 450 g/mol. The Balaban J connectivity index is 1.48. The molecule has 162 valence electrons. The van der Waals surface area contributed by atoms with Crippen LogP contribution in [0, 0.1) is 23.5 Å². The fourth-order valence-electron chi connectivity index (χ4n) is 5.05. The van der Waals surface area contributed by atoms with Gasteiger partial charge < -0.3 is 19.9 Å². The standard InChI is InChI=1S/C21H18ClF2N3O4/c1-26-16-10-4-9(10)5-13(16)27-7-11(18(28)19(29)17(27)21(26)31)20(30)25-6-8-2-3-12(23)14(22)15(8)24/h2-3,7,9-10,13,16,29H,4-6H2,1H3,(H,25,30)/t9?,10-,13-,16+/m0/s1. The largest absolute Gasteiger partial charge is 0.503 e. The summed E-state index contributed by atoms with van der Waals surface area (Å²) < 4.78 is 28.9. The summed E-state index contributed by atoms with van der Waals surface area (Å²) in [5.74, 6) is -3.14. The van der Waals surface area contributed by atoms with Crippen molar-refractivity contribution in [3.05, 3.63) is 62.0 Å². The zero-order valence-electron chi connectivity index (χ0n) is 16.4. The third-order valence-corrected chi connectivity index (χ3v) is 7.04. The summed E-state index contributed by atoms with van der Waals surface area (Å²) in [5, 5.41) is 12.2. The molecule has 2 amide bonds. The Kier molecular flexibility index (Phi) is 4.37. The molecule has 0 saturated heterocycles. The lowest BCUT2D eigenvalue weighted by Crippen LogP contribution is -2.49. The van der Waals surface area contributed by atoms with E-state index in [1.54, 1.807) is 16.5 Å². The maximum absolute atomic E-state index is 14.1. The quantitative estimate of drug-likeness (QED) is 0.704. The molecule has 1 aromatic carbocycles. The first-order valence-corrected chi connectivity index (χ1v) is 10.2. The summed E-state index contributed by atoms with van der Waals surface area (Å²) in [5.41, 5.74) is -1.52. The highest BCUT2D eigenvalue weighted by atomic mass is 35.5. The maximum atomic E-state index is 14.1. The van der Waals surface area contributed by atoms with E-state index < -0.39 is 39.6 Å². The number of amides is 2. The van der Waals surface area contributed by atoms with E-state index in [1.165, 1.54) is 6.20 Å². The highest BCUT2D eigenvalue weighted by Crippen LogP contribution is 2.59. The summed E-state index contributed by atoms with van der Waals surface area (Å²) in [6.07, 6.45) is 3.14. The predicted molar refractivity (Wildman–Crippen MR) is 106 cm³/mol. The summed E-state index contributed by atoms with van der Waals surface area (Å²) in [7, 11) is 1.66. The zero-order chi connectivity index (χ0) is 22.2. The normalized spacial score (nSPS) is 25.7. The molecule has 7 nitrogen and oxygen atoms in total. The summed E-state index contributed by atoms with van der Waals surface area (Å²) >= 11 is 5.55. The number of pyridine rings is 1. The van der Waals surface area contributed by atoms with Crippen molar-refractivity contribution in [3.8, 4) is 5.75 Å². The molecule has 2 aromatic rings. The number of rotatable bonds is 3. The van der Waals surface area contributed by atoms with Gasteiger partial charge in [0.25, 0.3) is 11.8 Å². The van der Waals surface area contributed by atoms with Crippen molar-refractivity contribution >= 4 is 23.4 Å². The maximum Gasteiger partial charge on any atom is 0.274 e. The number of hydrogen-bond acceptors (Lipinski definition) is 4. The first-order chi connectivity index (χ1) is 14.7. The van der Waals surface area contributed by atoms with Gasteiger partial charge >= 0.3 is 0 Å². The van der Waals surface area contributed by atoms with Crippen LogP contribution in [0.15, 0.2) is 23.1 Å². The Morgan fingerprint density at radius 3 is 2.77 bits per heavy atom. The van der Waals surface area contributed by atoms with Crippen molar-refractivity contribution in [2.75, 3.05) is 7.05 Å². The van der Waals surface area contributed by atoms with E-state index in [0.29, 0.717) is 11.8 Å². The fourth-order valence-corrected chi connectivity index (χ4v) is 5.23. The molecule has 0 bridgehead atoms. The number of carbonyl (C=O) groups is 2. The van der Waals surface area contributed by atoms with Crippen molar-refractivity contribution in [1.29, 1.82) is 0 Å². The molecule has 1 unspecified atom stereocenters. The summed E-state index contributed by atoms with van der Waals surface area (Å²) in [6, 6.07) is 1.93. The first kappa shape index (κ1) is 20.0. The molecule has 0 radical (unpaired) electrons. The number of carbonyl (C=O) groups excluding carboxylic acids is 2. The van der Waals surface area contributed by atoms with Crippen molar-refractivity contribution in [2.24, 2.45) is 11.8 Å². The number of benzene rings is 1. The van der Waals surface area contributed by atoms with Gasteiger partial charge in [0, 0.05) is 25.4 Å². The van der Waals surface area contributed by atoms with E-state index in [1.807, 2.05) is 0 Å². The molecular weight excluding hydrogens is 432 g/mol. The van der Waals surface area contributed by atoms with Crippen molar-refractivity contribution < 1.29 is 23.5 Å². The topological polar surface area (TPSA) is 91.6 Å². The van der Waals surface area contributed by atoms with Crippen molar-refractivity contribution in [1.82, 2.24) is 14.8 Å². The number of fused-ring (bicyclic) bond motifs is 5. The minimum absolute atomic E-state index is 0.0433. The second-order valence-corrected chi connectivity index (χ2v) is 8.74. The number of nitrogens with one attached hydrogen (secondary N) is 1. The third-order valence-electron chi connectivity index (χ3n) is 6.69. The van der Waals surface area contributed by atoms with E-state index in [4.69, 9.17) is 11.6 Å². The van der Waals surface area contributed by atoms with Gasteiger partial charge in [0.15, 0.2) is 11.4 Å². The molecule has 4 atom stereocenters. The van der Waals surface area contributed by atoms with E-state index in [9.17, 15) is 28.3 Å². The molecule has 5 rings (SSSR count). The van der Waals surface area contributed by atoms with E-state index >= 15 is 0 Å². The predicted octanol–water partition coefficient (Wildman–Crippen LogP) is 2.45. The van der Waals surface area contributed by atoms with Gasteiger partial charge in [-0.25, -0.2) is 8.78 Å². The van der Waals surface area contributed by atoms with Crippen LogP contribution in [-0.2, 0) is 6.54 Å². The molecule has 3 aliphatic rings. The molecule has 10 heteroatoms. The lowest BCUT2D eigenvalue weighted by atomic mass is 9.99. The Morgan fingerprint density at radius 2 is 2.03 bits per heavy atom. The highest BCUT2D eigenvalue weighted by Gasteiger charge is 2.58. The van der Waals surface area contributed by atoms with E-state index in [2.05, 4.69) is 5.32 Å². The van der Waals surface area contributed by atoms with Gasteiger partial charge in [0.1, 0.15) is 22.2 Å². The van der Waals surface area contributed by atoms with Gasteiger partial charge in [-0.3, -0.25) is 14.4 Å². The SMILES string of the molecule is CN1C(=O)c2c(O)c(=O)c(C(=O)NCc3ccc(F)c(Cl)c3F)cn2[C@H]2CC3C[C@@H]3[C@H]21. The number of aromatic hydroxyl groups is 1. The molecule has 1 aromatic heterocycles. The van der Waals surface area contributed by atoms with Gasteiger partial charge in [-0.15, -0.1) is 0 Å². The van der Waals surface area contributed by atoms with Crippen LogP contribution < -0.4 is 10.7 Å². The molecule has 0 spiro atoms. The molecule has 2 saturated carbocycles. The Labute approximate surface area is 180 Å². The third kappa shape index (κ3) is 2.86. The van der Waals surface area contributed by atoms with Crippen molar-refractivity contribution in [3.63, 3.8) is 0 Å². The van der Waals surface area contributed by atoms with Gasteiger partial charge in [-0.1, -0.05) is 17.7 Å². The molecule has 2 N–H and O–H groups in total. The van der Waals surface area contributed by atoms with Crippen LogP contribution in [0.2, 0.25) is 5.02 Å². The minimum Gasteiger partial charge on any atom is -0.503 e. The first-order valence-electron chi connectivity index (χ1n) is 9.86. The lowest BCUT2D eigenvalue weighted by molar-refractivity contribution is 0.0581. The van der Waals surface area contributed by atoms with Crippen LogP contribution in [0.1, 0.15) is 45.3 Å². The highest BCUT2D eigenvalue weighted by molar-refractivity contribution is 6.30. The van der Waals surface area contributed by atoms with Gasteiger partial charge in [-0.2, -0.15) is 0 Å². The Bertz CT molecular complexity index is 1210. The monoisotopic (exact) mass is 449 g/mol. The number of aromatic nitrogens is 1. The second kappa shape index (κ2) is 6.78. The number of likely N-dealkylation sites (N-methyl/N-ethyl adjacent to an activating group) is 1. The van der Waals surface area contributed by atoms with Crippen LogP contribution in [0.4, 0.5) is 8.78 Å². The van der Waals surface area contributed by atoms with E-state index in [-0.39, 0.29) is 35.4 Å². The van der Waals surface area contributed by atoms with Crippen LogP contribution in [-0.4, -0.2) is 39.5 Å². The molecular formula is C21H18ClF2N3O4. The van der Waals surface area contributed by atoms with Gasteiger partial charge in [0.05, 0.1) is 12.1 Å². The Morgan fingerprint density at radius 1 is 1.29 bits per heavy atom.